The monoisotopic (exact) mass is 297 g/mol. The third kappa shape index (κ3) is 3.46. The third-order valence-corrected chi connectivity index (χ3v) is 4.38. The van der Waals surface area contributed by atoms with Crippen LogP contribution in [0.15, 0.2) is 0 Å². The highest BCUT2D eigenvalue weighted by Crippen LogP contribution is 2.32. The van der Waals surface area contributed by atoms with Crippen LogP contribution in [0.4, 0.5) is 4.79 Å². The summed E-state index contributed by atoms with van der Waals surface area (Å²) in [5, 5.41) is 9.00. The zero-order valence-corrected chi connectivity index (χ0v) is 12.6. The van der Waals surface area contributed by atoms with Crippen molar-refractivity contribution in [2.75, 3.05) is 40.3 Å². The Morgan fingerprint density at radius 2 is 1.48 bits per heavy atom. The lowest BCUT2D eigenvalue weighted by Gasteiger charge is -2.37. The number of aliphatic carboxylic acids is 1. The van der Waals surface area contributed by atoms with E-state index in [9.17, 15) is 14.4 Å². The summed E-state index contributed by atoms with van der Waals surface area (Å²) >= 11 is 0. The summed E-state index contributed by atoms with van der Waals surface area (Å²) < 4.78 is 0. The molecule has 0 aromatic rings. The molecule has 2 atom stereocenters. The molecule has 3 amide bonds. The molecule has 7 heteroatoms. The number of hydrogen-bond acceptors (Lipinski definition) is 3. The van der Waals surface area contributed by atoms with Crippen LogP contribution < -0.4 is 0 Å². The van der Waals surface area contributed by atoms with E-state index in [4.69, 9.17) is 5.11 Å². The molecular weight excluding hydrogens is 274 g/mol. The lowest BCUT2D eigenvalue weighted by molar-refractivity contribution is -0.141. The molecule has 1 heterocycles. The third-order valence-electron chi connectivity index (χ3n) is 4.38. The Balaban J connectivity index is 1.84. The van der Waals surface area contributed by atoms with Crippen molar-refractivity contribution in [1.82, 2.24) is 14.7 Å². The minimum absolute atomic E-state index is 0.0334. The lowest BCUT2D eigenvalue weighted by atomic mass is 10.0. The molecule has 1 aliphatic heterocycles. The first-order valence-corrected chi connectivity index (χ1v) is 7.38. The summed E-state index contributed by atoms with van der Waals surface area (Å²) in [5.41, 5.74) is 0. The number of amides is 3. The van der Waals surface area contributed by atoms with E-state index < -0.39 is 5.97 Å². The van der Waals surface area contributed by atoms with E-state index in [2.05, 4.69) is 0 Å². The molecule has 0 bridgehead atoms. The second-order valence-corrected chi connectivity index (χ2v) is 6.03. The van der Waals surface area contributed by atoms with Crippen LogP contribution in [0.1, 0.15) is 19.3 Å². The first-order chi connectivity index (χ1) is 9.90. The summed E-state index contributed by atoms with van der Waals surface area (Å²) in [5.74, 6) is -1.29. The van der Waals surface area contributed by atoms with E-state index in [-0.39, 0.29) is 23.8 Å². The molecule has 2 aliphatic rings. The van der Waals surface area contributed by atoms with Crippen LogP contribution in [-0.2, 0) is 9.59 Å². The van der Waals surface area contributed by atoms with Gasteiger partial charge in [0.25, 0.3) is 0 Å². The molecular formula is C14H23N3O4. The number of carboxylic acids is 1. The molecule has 1 N–H and O–H groups in total. The predicted octanol–water partition coefficient (Wildman–Crippen LogP) is 0.313. The van der Waals surface area contributed by atoms with Gasteiger partial charge in [-0.25, -0.2) is 4.79 Å². The Morgan fingerprint density at radius 3 is 1.95 bits per heavy atom. The van der Waals surface area contributed by atoms with E-state index in [0.29, 0.717) is 45.4 Å². The number of carboxylic acid groups (broad SMARTS) is 1. The Hall–Kier alpha value is -1.79. The van der Waals surface area contributed by atoms with Crippen molar-refractivity contribution in [3.05, 3.63) is 0 Å². The summed E-state index contributed by atoms with van der Waals surface area (Å²) in [7, 11) is 3.43. The number of nitrogens with zero attached hydrogens (tertiary/aromatic N) is 3. The average molecular weight is 297 g/mol. The SMILES string of the molecule is CN(C)C(=O)N1CCN(C(=O)[C@@H]2CC[C@H](C(=O)O)C2)CC1. The maximum absolute atomic E-state index is 12.4. The van der Waals surface area contributed by atoms with Gasteiger partial charge in [-0.3, -0.25) is 9.59 Å². The number of piperazine rings is 1. The number of hydrogen-bond donors (Lipinski definition) is 1. The molecule has 0 aromatic heterocycles. The minimum Gasteiger partial charge on any atom is -0.481 e. The lowest BCUT2D eigenvalue weighted by Crippen LogP contribution is -2.53. The van der Waals surface area contributed by atoms with E-state index in [1.807, 2.05) is 0 Å². The highest BCUT2D eigenvalue weighted by Gasteiger charge is 2.37. The molecule has 1 saturated carbocycles. The highest BCUT2D eigenvalue weighted by atomic mass is 16.4. The Labute approximate surface area is 124 Å². The van der Waals surface area contributed by atoms with Crippen LogP contribution in [0.3, 0.4) is 0 Å². The number of urea groups is 1. The van der Waals surface area contributed by atoms with Crippen molar-refractivity contribution < 1.29 is 19.5 Å². The van der Waals surface area contributed by atoms with Crippen LogP contribution in [0.25, 0.3) is 0 Å². The first-order valence-electron chi connectivity index (χ1n) is 7.38. The fourth-order valence-corrected chi connectivity index (χ4v) is 3.09. The van der Waals surface area contributed by atoms with Gasteiger partial charge in [-0.05, 0) is 19.3 Å². The fraction of sp³-hybridized carbons (Fsp3) is 0.786. The van der Waals surface area contributed by atoms with Crippen molar-refractivity contribution in [2.45, 2.75) is 19.3 Å². The van der Waals surface area contributed by atoms with Gasteiger partial charge in [-0.15, -0.1) is 0 Å². The average Bonchev–Trinajstić information content (AvgIpc) is 2.96. The van der Waals surface area contributed by atoms with Crippen molar-refractivity contribution in [3.8, 4) is 0 Å². The fourth-order valence-electron chi connectivity index (χ4n) is 3.09. The minimum atomic E-state index is -0.799. The zero-order valence-electron chi connectivity index (χ0n) is 12.6. The maximum Gasteiger partial charge on any atom is 0.319 e. The van der Waals surface area contributed by atoms with Gasteiger partial charge in [-0.2, -0.15) is 0 Å². The number of carbonyl (C=O) groups excluding carboxylic acids is 2. The van der Waals surface area contributed by atoms with Gasteiger partial charge in [0, 0.05) is 46.2 Å². The molecule has 1 aliphatic carbocycles. The van der Waals surface area contributed by atoms with Gasteiger partial charge in [0.1, 0.15) is 0 Å². The van der Waals surface area contributed by atoms with Crippen LogP contribution in [0.5, 0.6) is 0 Å². The second-order valence-electron chi connectivity index (χ2n) is 6.03. The quantitative estimate of drug-likeness (QED) is 0.795. The highest BCUT2D eigenvalue weighted by molar-refractivity contribution is 5.81. The number of carbonyl (C=O) groups is 3. The first kappa shape index (κ1) is 15.6. The van der Waals surface area contributed by atoms with Gasteiger partial charge in [0.2, 0.25) is 5.91 Å². The smallest absolute Gasteiger partial charge is 0.319 e. The van der Waals surface area contributed by atoms with Gasteiger partial charge in [-0.1, -0.05) is 0 Å². The van der Waals surface area contributed by atoms with E-state index in [1.54, 1.807) is 23.9 Å². The maximum atomic E-state index is 12.4. The summed E-state index contributed by atoms with van der Waals surface area (Å²) in [6.45, 7) is 2.15. The molecule has 2 fully saturated rings. The van der Waals surface area contributed by atoms with Crippen LogP contribution in [0.2, 0.25) is 0 Å². The van der Waals surface area contributed by atoms with Gasteiger partial charge >= 0.3 is 12.0 Å². The van der Waals surface area contributed by atoms with E-state index >= 15 is 0 Å². The summed E-state index contributed by atoms with van der Waals surface area (Å²) in [6, 6.07) is -0.0334. The van der Waals surface area contributed by atoms with Crippen LogP contribution >= 0.6 is 0 Å². The van der Waals surface area contributed by atoms with Gasteiger partial charge in [0.15, 0.2) is 0 Å². The standard InChI is InChI=1S/C14H23N3O4/c1-15(2)14(21)17-7-5-16(6-8-17)12(18)10-3-4-11(9-10)13(19)20/h10-11H,3-9H2,1-2H3,(H,19,20)/t10-,11+/m1/s1. The largest absolute Gasteiger partial charge is 0.481 e. The van der Waals surface area contributed by atoms with Crippen LogP contribution in [0, 0.1) is 11.8 Å². The molecule has 7 nitrogen and oxygen atoms in total. The van der Waals surface area contributed by atoms with Crippen molar-refractivity contribution in [1.29, 1.82) is 0 Å². The molecule has 1 saturated heterocycles. The molecule has 2 rings (SSSR count). The van der Waals surface area contributed by atoms with Gasteiger partial charge < -0.3 is 19.8 Å². The van der Waals surface area contributed by atoms with Gasteiger partial charge in [0.05, 0.1) is 5.92 Å². The Bertz CT molecular complexity index is 430. The predicted molar refractivity (Wildman–Crippen MR) is 75.7 cm³/mol. The molecule has 118 valence electrons. The van der Waals surface area contributed by atoms with Crippen LogP contribution in [-0.4, -0.2) is 78.0 Å². The van der Waals surface area contributed by atoms with E-state index in [1.165, 1.54) is 4.90 Å². The molecule has 0 unspecified atom stereocenters. The summed E-state index contributed by atoms with van der Waals surface area (Å²) in [6.07, 6.45) is 1.70. The molecule has 0 aromatic carbocycles. The Morgan fingerprint density at radius 1 is 0.952 bits per heavy atom. The van der Waals surface area contributed by atoms with E-state index in [0.717, 1.165) is 0 Å². The number of rotatable bonds is 2. The zero-order chi connectivity index (χ0) is 15.6. The Kier molecular flexibility index (Phi) is 4.69. The van der Waals surface area contributed by atoms with Crippen molar-refractivity contribution in [3.63, 3.8) is 0 Å². The molecule has 0 radical (unpaired) electrons. The molecule has 21 heavy (non-hydrogen) atoms. The topological polar surface area (TPSA) is 81.2 Å². The molecule has 0 spiro atoms. The van der Waals surface area contributed by atoms with Crippen molar-refractivity contribution >= 4 is 17.9 Å². The summed E-state index contributed by atoms with van der Waals surface area (Å²) in [4.78, 5) is 40.2. The normalized spacial score (nSPS) is 25.8. The second kappa shape index (κ2) is 6.32. The van der Waals surface area contributed by atoms with Crippen molar-refractivity contribution in [2.24, 2.45) is 11.8 Å².